The van der Waals surface area contributed by atoms with E-state index < -0.39 is 0 Å². The summed E-state index contributed by atoms with van der Waals surface area (Å²) in [4.78, 5) is 11.7. The van der Waals surface area contributed by atoms with Gasteiger partial charge in [-0.05, 0) is 51.5 Å². The fraction of sp³-hybridized carbons (Fsp3) is 0.773. The Labute approximate surface area is 155 Å². The molecule has 0 fully saturated rings. The van der Waals surface area contributed by atoms with E-state index in [-0.39, 0.29) is 11.6 Å². The lowest BCUT2D eigenvalue weighted by molar-refractivity contribution is -0.137. The molecule has 1 unspecified atom stereocenters. The number of ether oxygens (including phenoxy) is 2. The zero-order valence-corrected chi connectivity index (χ0v) is 17.4. The maximum absolute atomic E-state index is 11.7. The van der Waals surface area contributed by atoms with E-state index in [1.807, 2.05) is 13.0 Å². The molecule has 0 aromatic rings. The average molecular weight is 353 g/mol. The van der Waals surface area contributed by atoms with Crippen molar-refractivity contribution in [2.24, 2.45) is 5.92 Å². The number of esters is 1. The maximum atomic E-state index is 11.7. The van der Waals surface area contributed by atoms with Gasteiger partial charge in [-0.25, -0.2) is 4.79 Å². The molecule has 1 atom stereocenters. The molecule has 0 aliphatic rings. The van der Waals surface area contributed by atoms with Gasteiger partial charge in [0.1, 0.15) is 0 Å². The molecule has 0 saturated carbocycles. The van der Waals surface area contributed by atoms with Crippen LogP contribution in [-0.4, -0.2) is 25.3 Å². The summed E-state index contributed by atoms with van der Waals surface area (Å²) in [5.74, 6) is 0.413. The highest BCUT2D eigenvalue weighted by Gasteiger charge is 2.15. The van der Waals surface area contributed by atoms with Crippen LogP contribution in [0.3, 0.4) is 0 Å². The molecule has 0 amide bonds. The molecule has 0 bridgehead atoms. The maximum Gasteiger partial charge on any atom is 0.331 e. The summed E-state index contributed by atoms with van der Waals surface area (Å²) >= 11 is 0. The lowest BCUT2D eigenvalue weighted by Gasteiger charge is -2.23. The zero-order chi connectivity index (χ0) is 19.1. The van der Waals surface area contributed by atoms with Crippen LogP contribution >= 0.6 is 0 Å². The van der Waals surface area contributed by atoms with Crippen LogP contribution < -0.4 is 0 Å². The molecule has 3 heteroatoms. The standard InChI is InChI=1S/C22H40O3/c1-7-8-9-10-17-25-21(23)18-20(3)14-11-13-19(2)15-12-16-22(4,5)24-6/h11,14,18-19H,7-10,12-13,15-17H2,1-6H3/b14-11+,20-18+. The van der Waals surface area contributed by atoms with Gasteiger partial charge in [-0.2, -0.15) is 0 Å². The topological polar surface area (TPSA) is 35.5 Å². The number of rotatable bonds is 14. The summed E-state index contributed by atoms with van der Waals surface area (Å²) in [7, 11) is 1.78. The van der Waals surface area contributed by atoms with Crippen molar-refractivity contribution in [3.63, 3.8) is 0 Å². The second-order valence-electron chi connectivity index (χ2n) is 7.72. The largest absolute Gasteiger partial charge is 0.463 e. The highest BCUT2D eigenvalue weighted by Crippen LogP contribution is 2.20. The van der Waals surface area contributed by atoms with Crippen LogP contribution in [0.4, 0.5) is 0 Å². The van der Waals surface area contributed by atoms with E-state index >= 15 is 0 Å². The first-order valence-corrected chi connectivity index (χ1v) is 9.87. The molecule has 0 aliphatic carbocycles. The number of hydrogen-bond donors (Lipinski definition) is 0. The van der Waals surface area contributed by atoms with Crippen molar-refractivity contribution in [2.45, 2.75) is 91.6 Å². The number of carbonyl (C=O) groups is 1. The molecule has 0 rings (SSSR count). The van der Waals surface area contributed by atoms with Crippen molar-refractivity contribution < 1.29 is 14.3 Å². The number of allylic oxidation sites excluding steroid dienone is 3. The molecule has 0 N–H and O–H groups in total. The molecule has 25 heavy (non-hydrogen) atoms. The van der Waals surface area contributed by atoms with E-state index in [0.29, 0.717) is 12.5 Å². The fourth-order valence-corrected chi connectivity index (χ4v) is 2.56. The number of carbonyl (C=O) groups excluding carboxylic acids is 1. The SMILES string of the molecule is CCCCCCOC(=O)/C=C(C)/C=C/CC(C)CCCC(C)(C)OC. The Bertz CT molecular complexity index is 407. The fourth-order valence-electron chi connectivity index (χ4n) is 2.56. The van der Waals surface area contributed by atoms with Gasteiger partial charge in [0.15, 0.2) is 0 Å². The van der Waals surface area contributed by atoms with Crippen LogP contribution in [0.1, 0.15) is 86.0 Å². The summed E-state index contributed by atoms with van der Waals surface area (Å²) in [6, 6.07) is 0. The van der Waals surface area contributed by atoms with E-state index in [1.54, 1.807) is 13.2 Å². The summed E-state index contributed by atoms with van der Waals surface area (Å²) in [6.07, 6.45) is 14.7. The third-order valence-corrected chi connectivity index (χ3v) is 4.54. The Kier molecular flexibility index (Phi) is 13.5. The number of methoxy groups -OCH3 is 1. The molecular weight excluding hydrogens is 312 g/mol. The average Bonchev–Trinajstić information content (AvgIpc) is 2.54. The van der Waals surface area contributed by atoms with E-state index in [1.165, 1.54) is 25.7 Å². The van der Waals surface area contributed by atoms with Crippen LogP contribution in [0.25, 0.3) is 0 Å². The highest BCUT2D eigenvalue weighted by molar-refractivity contribution is 5.83. The minimum Gasteiger partial charge on any atom is -0.463 e. The molecule has 0 aromatic carbocycles. The third-order valence-electron chi connectivity index (χ3n) is 4.54. The van der Waals surface area contributed by atoms with Gasteiger partial charge >= 0.3 is 5.97 Å². The second-order valence-corrected chi connectivity index (χ2v) is 7.72. The molecule has 0 aromatic heterocycles. The van der Waals surface area contributed by atoms with Crippen LogP contribution in [0.2, 0.25) is 0 Å². The van der Waals surface area contributed by atoms with Crippen LogP contribution in [-0.2, 0) is 14.3 Å². The van der Waals surface area contributed by atoms with E-state index in [0.717, 1.165) is 31.3 Å². The van der Waals surface area contributed by atoms with Crippen molar-refractivity contribution in [3.8, 4) is 0 Å². The Hall–Kier alpha value is -1.09. The first-order chi connectivity index (χ1) is 11.8. The number of hydrogen-bond acceptors (Lipinski definition) is 3. The van der Waals surface area contributed by atoms with Gasteiger partial charge in [0.2, 0.25) is 0 Å². The lowest BCUT2D eigenvalue weighted by Crippen LogP contribution is -2.22. The van der Waals surface area contributed by atoms with Gasteiger partial charge < -0.3 is 9.47 Å². The second kappa shape index (κ2) is 14.1. The number of unbranched alkanes of at least 4 members (excludes halogenated alkanes) is 3. The van der Waals surface area contributed by atoms with E-state index in [2.05, 4.69) is 33.8 Å². The summed E-state index contributed by atoms with van der Waals surface area (Å²) < 4.78 is 10.7. The molecule has 3 nitrogen and oxygen atoms in total. The smallest absolute Gasteiger partial charge is 0.331 e. The monoisotopic (exact) mass is 352 g/mol. The van der Waals surface area contributed by atoms with Crippen LogP contribution in [0.5, 0.6) is 0 Å². The molecule has 0 aliphatic heterocycles. The first-order valence-electron chi connectivity index (χ1n) is 9.87. The summed E-state index contributed by atoms with van der Waals surface area (Å²) in [5, 5.41) is 0. The van der Waals surface area contributed by atoms with Gasteiger partial charge in [-0.15, -0.1) is 0 Å². The highest BCUT2D eigenvalue weighted by atomic mass is 16.5. The van der Waals surface area contributed by atoms with Crippen LogP contribution in [0, 0.1) is 5.92 Å². The lowest BCUT2D eigenvalue weighted by atomic mass is 9.95. The molecule has 0 radical (unpaired) electrons. The summed E-state index contributed by atoms with van der Waals surface area (Å²) in [5.41, 5.74) is 0.928. The van der Waals surface area contributed by atoms with Crippen molar-refractivity contribution in [3.05, 3.63) is 23.8 Å². The normalized spacial score (nSPS) is 14.1. The van der Waals surface area contributed by atoms with E-state index in [4.69, 9.17) is 9.47 Å². The summed E-state index contributed by atoms with van der Waals surface area (Å²) in [6.45, 7) is 11.2. The Morgan fingerprint density at radius 3 is 2.52 bits per heavy atom. The molecule has 0 spiro atoms. The predicted molar refractivity (Wildman–Crippen MR) is 107 cm³/mol. The molecule has 0 heterocycles. The quantitative estimate of drug-likeness (QED) is 0.161. The van der Waals surface area contributed by atoms with Crippen LogP contribution in [0.15, 0.2) is 23.8 Å². The first kappa shape index (κ1) is 23.9. The molecule has 0 saturated heterocycles. The van der Waals surface area contributed by atoms with Gasteiger partial charge in [0.25, 0.3) is 0 Å². The Balaban J connectivity index is 3.95. The predicted octanol–water partition coefficient (Wildman–Crippen LogP) is 6.23. The molecular formula is C22H40O3. The minimum absolute atomic E-state index is 0.0220. The zero-order valence-electron chi connectivity index (χ0n) is 17.4. The Morgan fingerprint density at radius 2 is 1.88 bits per heavy atom. The molecule has 146 valence electrons. The van der Waals surface area contributed by atoms with E-state index in [9.17, 15) is 4.79 Å². The Morgan fingerprint density at radius 1 is 1.16 bits per heavy atom. The van der Waals surface area contributed by atoms with Crippen molar-refractivity contribution in [1.29, 1.82) is 0 Å². The third kappa shape index (κ3) is 14.9. The van der Waals surface area contributed by atoms with Gasteiger partial charge in [0, 0.05) is 13.2 Å². The van der Waals surface area contributed by atoms with Crippen molar-refractivity contribution in [1.82, 2.24) is 0 Å². The minimum atomic E-state index is -0.228. The van der Waals surface area contributed by atoms with Crippen molar-refractivity contribution in [2.75, 3.05) is 13.7 Å². The van der Waals surface area contributed by atoms with Gasteiger partial charge in [-0.1, -0.05) is 58.1 Å². The van der Waals surface area contributed by atoms with Gasteiger partial charge in [-0.3, -0.25) is 0 Å². The van der Waals surface area contributed by atoms with Gasteiger partial charge in [0.05, 0.1) is 12.2 Å². The van der Waals surface area contributed by atoms with Crippen molar-refractivity contribution >= 4 is 5.97 Å².